The molecule has 0 aromatic rings. The lowest BCUT2D eigenvalue weighted by Gasteiger charge is -1.52. The van der Waals surface area contributed by atoms with Crippen molar-refractivity contribution in [3.63, 3.8) is 0 Å². The average molecular weight is 76.9 g/mol. The molecule has 0 unspecified atom stereocenters. The lowest BCUT2D eigenvalue weighted by Crippen LogP contribution is -1.57. The molecule has 0 bridgehead atoms. The minimum absolute atomic E-state index is 0. The zero-order valence-electron chi connectivity index (χ0n) is 2.86. The van der Waals surface area contributed by atoms with Gasteiger partial charge in [-0.2, -0.15) is 0 Å². The van der Waals surface area contributed by atoms with Gasteiger partial charge in [-0.05, 0) is 6.92 Å². The van der Waals surface area contributed by atoms with Crippen LogP contribution in [0.4, 0.5) is 0 Å². The third-order valence-corrected chi connectivity index (χ3v) is 0. The third kappa shape index (κ3) is 69200. The first-order valence-corrected chi connectivity index (χ1v) is 1.02. The van der Waals surface area contributed by atoms with Gasteiger partial charge in [-0.15, -0.1) is 0 Å². The van der Waals surface area contributed by atoms with E-state index in [1.54, 1.807) is 6.92 Å². The van der Waals surface area contributed by atoms with E-state index in [1.807, 2.05) is 0 Å². The van der Waals surface area contributed by atoms with E-state index in [4.69, 9.17) is 5.11 Å². The van der Waals surface area contributed by atoms with Crippen LogP contribution in [0, 0.1) is 0 Å². The van der Waals surface area contributed by atoms with Crippen LogP contribution in [0.15, 0.2) is 0 Å². The molecule has 5 heavy (non-hydrogen) atoms. The van der Waals surface area contributed by atoms with Gasteiger partial charge in [-0.25, -0.2) is 0 Å². The molecule has 0 amide bonds. The minimum atomic E-state index is 0. The van der Waals surface area contributed by atoms with Crippen molar-refractivity contribution in [2.24, 2.45) is 0 Å². The Kier molecular flexibility index (Phi) is 147. The van der Waals surface area contributed by atoms with Crippen molar-refractivity contribution in [2.45, 2.75) is 6.92 Å². The van der Waals surface area contributed by atoms with Gasteiger partial charge in [-0.3, -0.25) is 0 Å². The predicted molar refractivity (Wildman–Crippen MR) is 27.7 cm³/mol. The highest BCUT2D eigenvalue weighted by atomic mass is 16.2. The monoisotopic (exact) mass is 77.1 g/mol. The first kappa shape index (κ1) is 20.1. The molecule has 0 radical (unpaired) electrons. The summed E-state index contributed by atoms with van der Waals surface area (Å²) in [4.78, 5) is 0. The molecular formula is C2H12BNO. The maximum absolute atomic E-state index is 7.57. The average Bonchev–Trinajstić information content (AvgIpc) is 0.918. The van der Waals surface area contributed by atoms with Crippen molar-refractivity contribution in [2.75, 3.05) is 6.61 Å². The van der Waals surface area contributed by atoms with E-state index in [2.05, 4.69) is 0 Å². The highest BCUT2D eigenvalue weighted by Crippen LogP contribution is 1.30. The topological polar surface area (TPSA) is 55.2 Å². The van der Waals surface area contributed by atoms with Gasteiger partial charge in [0.1, 0.15) is 0 Å². The molecule has 0 heterocycles. The maximum atomic E-state index is 7.57. The number of hydrogen-bond donors (Lipinski definition) is 2. The molecule has 0 spiro atoms. The van der Waals surface area contributed by atoms with Gasteiger partial charge in [0.15, 0.2) is 0 Å². The van der Waals surface area contributed by atoms with E-state index in [9.17, 15) is 0 Å². The van der Waals surface area contributed by atoms with Crippen LogP contribution >= 0.6 is 0 Å². The van der Waals surface area contributed by atoms with Crippen LogP contribution in [0.5, 0.6) is 0 Å². The summed E-state index contributed by atoms with van der Waals surface area (Å²) in [6, 6.07) is 0. The number of aliphatic hydroxyl groups is 1. The first-order valence-electron chi connectivity index (χ1n) is 1.02. The van der Waals surface area contributed by atoms with Gasteiger partial charge < -0.3 is 11.3 Å². The van der Waals surface area contributed by atoms with Crippen molar-refractivity contribution in [1.29, 1.82) is 0 Å². The molecule has 3 heteroatoms. The Bertz CT molecular complexity index is 9.61. The molecule has 0 fully saturated rings. The molecule has 0 aromatic carbocycles. The second kappa shape index (κ2) is 36.6. The largest absolute Gasteiger partial charge is 0.397 e. The van der Waals surface area contributed by atoms with Crippen LogP contribution in [0.25, 0.3) is 0 Å². The summed E-state index contributed by atoms with van der Waals surface area (Å²) in [6.07, 6.45) is 0. The lowest BCUT2D eigenvalue weighted by molar-refractivity contribution is 0.318. The van der Waals surface area contributed by atoms with Gasteiger partial charge in [0, 0.05) is 6.61 Å². The molecule has 0 atom stereocenters. The quantitative estimate of drug-likeness (QED) is 0.363. The summed E-state index contributed by atoms with van der Waals surface area (Å²) in [5, 5.41) is 7.57. The van der Waals surface area contributed by atoms with Gasteiger partial charge in [-0.1, -0.05) is 0 Å². The van der Waals surface area contributed by atoms with Crippen LogP contribution < -0.4 is 6.15 Å². The van der Waals surface area contributed by atoms with E-state index in [0.717, 1.165) is 0 Å². The molecule has 0 saturated heterocycles. The highest BCUT2D eigenvalue weighted by molar-refractivity contribution is 5.75. The van der Waals surface area contributed by atoms with Crippen LogP contribution in [0.1, 0.15) is 6.92 Å². The molecule has 0 aliphatic rings. The molecule has 34 valence electrons. The van der Waals surface area contributed by atoms with Crippen molar-refractivity contribution in [3.8, 4) is 0 Å². The summed E-state index contributed by atoms with van der Waals surface area (Å²) < 4.78 is 0. The lowest BCUT2D eigenvalue weighted by atomic mass is 10.8. The van der Waals surface area contributed by atoms with Gasteiger partial charge in [0.2, 0.25) is 0 Å². The molecule has 0 aromatic heterocycles. The summed E-state index contributed by atoms with van der Waals surface area (Å²) in [5.74, 6) is 0. The number of rotatable bonds is 0. The van der Waals surface area contributed by atoms with Crippen molar-refractivity contribution in [3.05, 3.63) is 0 Å². The second-order valence-electron chi connectivity index (χ2n) is 0.316. The van der Waals surface area contributed by atoms with Crippen LogP contribution in [-0.4, -0.2) is 20.1 Å². The summed E-state index contributed by atoms with van der Waals surface area (Å²) in [5.41, 5.74) is 0. The fraction of sp³-hybridized carbons (Fsp3) is 1.00. The SMILES string of the molecule is B.CCO.N. The Labute approximate surface area is 34.4 Å². The molecule has 0 aliphatic heterocycles. The molecule has 4 N–H and O–H groups in total. The van der Waals surface area contributed by atoms with Crippen LogP contribution in [0.3, 0.4) is 0 Å². The van der Waals surface area contributed by atoms with Gasteiger partial charge in [0.05, 0.1) is 8.41 Å². The fourth-order valence-electron chi connectivity index (χ4n) is 0. The Balaban J connectivity index is -0.0000000200. The third-order valence-electron chi connectivity index (χ3n) is 0. The highest BCUT2D eigenvalue weighted by Gasteiger charge is 1.34. The summed E-state index contributed by atoms with van der Waals surface area (Å²) in [7, 11) is 0. The van der Waals surface area contributed by atoms with E-state index in [1.165, 1.54) is 0 Å². The van der Waals surface area contributed by atoms with Gasteiger partial charge in [0.25, 0.3) is 0 Å². The normalized spacial score (nSPS) is 3.60. The summed E-state index contributed by atoms with van der Waals surface area (Å²) >= 11 is 0. The van der Waals surface area contributed by atoms with Crippen molar-refractivity contribution in [1.82, 2.24) is 6.15 Å². The van der Waals surface area contributed by atoms with E-state index < -0.39 is 0 Å². The van der Waals surface area contributed by atoms with E-state index >= 15 is 0 Å². The number of hydrogen-bond acceptors (Lipinski definition) is 2. The summed E-state index contributed by atoms with van der Waals surface area (Å²) in [6.45, 7) is 1.93. The Morgan fingerprint density at radius 3 is 1.60 bits per heavy atom. The zero-order valence-corrected chi connectivity index (χ0v) is 2.86. The predicted octanol–water partition coefficient (Wildman–Crippen LogP) is -1.02. The van der Waals surface area contributed by atoms with Crippen LogP contribution in [-0.2, 0) is 0 Å². The van der Waals surface area contributed by atoms with E-state index in [-0.39, 0.29) is 21.2 Å². The van der Waals surface area contributed by atoms with Crippen molar-refractivity contribution >= 4 is 8.41 Å². The maximum Gasteiger partial charge on any atom is 0.0814 e. The molecule has 0 aliphatic carbocycles. The van der Waals surface area contributed by atoms with E-state index in [0.29, 0.717) is 0 Å². The standard InChI is InChI=1S/C2H6O.BH3.H3N/c1-2-3;;/h3H,2H2,1H3;2*1H3. The zero-order chi connectivity index (χ0) is 2.71. The molecule has 0 saturated carbocycles. The molecule has 0 rings (SSSR count). The molecular weight excluding hydrogens is 64.8 g/mol. The minimum Gasteiger partial charge on any atom is -0.397 e. The Morgan fingerprint density at radius 1 is 1.60 bits per heavy atom. The number of aliphatic hydroxyl groups excluding tert-OH is 1. The van der Waals surface area contributed by atoms with Crippen LogP contribution in [0.2, 0.25) is 0 Å². The molecule has 2 nitrogen and oxygen atoms in total. The Morgan fingerprint density at radius 2 is 1.60 bits per heavy atom. The fourth-order valence-corrected chi connectivity index (χ4v) is 0. The Hall–Kier alpha value is -0.0151. The first-order chi connectivity index (χ1) is 1.41. The second-order valence-corrected chi connectivity index (χ2v) is 0.316. The smallest absolute Gasteiger partial charge is 0.0814 e. The van der Waals surface area contributed by atoms with Gasteiger partial charge >= 0.3 is 0 Å². The van der Waals surface area contributed by atoms with Crippen molar-refractivity contribution < 1.29 is 5.11 Å².